The van der Waals surface area contributed by atoms with Crippen molar-refractivity contribution in [3.8, 4) is 0 Å². The van der Waals surface area contributed by atoms with Crippen molar-refractivity contribution in [1.82, 2.24) is 4.90 Å². The number of hydrogen-bond acceptors (Lipinski definition) is 3. The molecule has 1 amide bonds. The zero-order valence-electron chi connectivity index (χ0n) is 16.6. The molecule has 4 nitrogen and oxygen atoms in total. The van der Waals surface area contributed by atoms with Gasteiger partial charge < -0.3 is 15.1 Å². The van der Waals surface area contributed by atoms with E-state index in [2.05, 4.69) is 59.4 Å². The lowest BCUT2D eigenvalue weighted by Gasteiger charge is -2.35. The Balaban J connectivity index is 1.61. The van der Waals surface area contributed by atoms with Gasteiger partial charge in [-0.15, -0.1) is 0 Å². The van der Waals surface area contributed by atoms with Crippen LogP contribution >= 0.6 is 0 Å². The number of hydrogen-bond donors (Lipinski definition) is 1. The van der Waals surface area contributed by atoms with Crippen LogP contribution in [0.1, 0.15) is 30.9 Å². The van der Waals surface area contributed by atoms with Gasteiger partial charge >= 0.3 is 0 Å². The summed E-state index contributed by atoms with van der Waals surface area (Å²) in [7, 11) is 2.15. The zero-order valence-corrected chi connectivity index (χ0v) is 16.6. The summed E-state index contributed by atoms with van der Waals surface area (Å²) in [6.07, 6.45) is 3.94. The summed E-state index contributed by atoms with van der Waals surface area (Å²) in [4.78, 5) is 17.3. The number of aryl methyl sites for hydroxylation is 1. The quantitative estimate of drug-likeness (QED) is 0.807. The SMILES string of the molecule is CCCCc1ccc(CC(=O)Nc2ccccc2N2CCN(C)CC2)cc1. The molecule has 2 aromatic carbocycles. The number of carbonyl (C=O) groups is 1. The first-order chi connectivity index (χ1) is 13.2. The fourth-order valence-electron chi connectivity index (χ4n) is 3.49. The van der Waals surface area contributed by atoms with E-state index < -0.39 is 0 Å². The molecule has 0 aliphatic carbocycles. The van der Waals surface area contributed by atoms with Crippen LogP contribution < -0.4 is 10.2 Å². The third kappa shape index (κ3) is 5.57. The molecule has 0 spiro atoms. The number of unbranched alkanes of at least 4 members (excludes halogenated alkanes) is 1. The predicted octanol–water partition coefficient (Wildman–Crippen LogP) is 3.96. The molecular weight excluding hydrogens is 334 g/mol. The van der Waals surface area contributed by atoms with E-state index in [1.807, 2.05) is 18.2 Å². The summed E-state index contributed by atoms with van der Waals surface area (Å²) in [5.41, 5.74) is 4.44. The number of piperazine rings is 1. The number of rotatable bonds is 7. The molecule has 1 saturated heterocycles. The van der Waals surface area contributed by atoms with Crippen LogP contribution in [0.4, 0.5) is 11.4 Å². The Labute approximate surface area is 163 Å². The smallest absolute Gasteiger partial charge is 0.228 e. The highest BCUT2D eigenvalue weighted by atomic mass is 16.1. The maximum atomic E-state index is 12.6. The highest BCUT2D eigenvalue weighted by molar-refractivity contribution is 5.95. The molecule has 1 N–H and O–H groups in total. The van der Waals surface area contributed by atoms with Crippen molar-refractivity contribution >= 4 is 17.3 Å². The normalized spacial score (nSPS) is 15.0. The topological polar surface area (TPSA) is 35.6 Å². The molecule has 4 heteroatoms. The van der Waals surface area contributed by atoms with Crippen LogP contribution in [0.3, 0.4) is 0 Å². The average Bonchev–Trinajstić information content (AvgIpc) is 2.68. The Morgan fingerprint density at radius 2 is 1.63 bits per heavy atom. The second-order valence-electron chi connectivity index (χ2n) is 7.45. The van der Waals surface area contributed by atoms with Crippen molar-refractivity contribution in [2.75, 3.05) is 43.4 Å². The number of nitrogens with one attached hydrogen (secondary N) is 1. The van der Waals surface area contributed by atoms with Crippen molar-refractivity contribution in [3.63, 3.8) is 0 Å². The summed E-state index contributed by atoms with van der Waals surface area (Å²) < 4.78 is 0. The van der Waals surface area contributed by atoms with Crippen LogP contribution in [0, 0.1) is 0 Å². The van der Waals surface area contributed by atoms with Gasteiger partial charge in [-0.2, -0.15) is 0 Å². The molecule has 0 bridgehead atoms. The number of amides is 1. The first-order valence-electron chi connectivity index (χ1n) is 10.1. The third-order valence-electron chi connectivity index (χ3n) is 5.23. The number of nitrogens with zero attached hydrogens (tertiary/aromatic N) is 2. The number of likely N-dealkylation sites (N-methyl/N-ethyl adjacent to an activating group) is 1. The number of para-hydroxylation sites is 2. The Morgan fingerprint density at radius 1 is 0.963 bits per heavy atom. The van der Waals surface area contributed by atoms with E-state index in [-0.39, 0.29) is 5.91 Å². The fraction of sp³-hybridized carbons (Fsp3) is 0.435. The van der Waals surface area contributed by atoms with Gasteiger partial charge in [0.15, 0.2) is 0 Å². The van der Waals surface area contributed by atoms with Crippen molar-refractivity contribution in [3.05, 3.63) is 59.7 Å². The molecule has 0 radical (unpaired) electrons. The molecule has 0 saturated carbocycles. The van der Waals surface area contributed by atoms with Gasteiger partial charge in [0.05, 0.1) is 17.8 Å². The van der Waals surface area contributed by atoms with E-state index >= 15 is 0 Å². The van der Waals surface area contributed by atoms with Gasteiger partial charge in [0.2, 0.25) is 5.91 Å². The first-order valence-corrected chi connectivity index (χ1v) is 10.1. The Hall–Kier alpha value is -2.33. The fourth-order valence-corrected chi connectivity index (χ4v) is 3.49. The predicted molar refractivity (Wildman–Crippen MR) is 114 cm³/mol. The van der Waals surface area contributed by atoms with Crippen LogP contribution in [-0.2, 0) is 17.6 Å². The van der Waals surface area contributed by atoms with Gasteiger partial charge in [-0.3, -0.25) is 4.79 Å². The molecule has 1 heterocycles. The molecule has 0 unspecified atom stereocenters. The minimum absolute atomic E-state index is 0.0397. The van der Waals surface area contributed by atoms with Crippen LogP contribution in [0.2, 0.25) is 0 Å². The molecule has 0 atom stereocenters. The highest BCUT2D eigenvalue weighted by Gasteiger charge is 2.17. The van der Waals surface area contributed by atoms with Gasteiger partial charge in [-0.25, -0.2) is 0 Å². The minimum Gasteiger partial charge on any atom is -0.367 e. The van der Waals surface area contributed by atoms with Crippen LogP contribution in [0.15, 0.2) is 48.5 Å². The highest BCUT2D eigenvalue weighted by Crippen LogP contribution is 2.26. The van der Waals surface area contributed by atoms with Crippen LogP contribution in [-0.4, -0.2) is 44.0 Å². The largest absolute Gasteiger partial charge is 0.367 e. The Bertz CT molecular complexity index is 734. The van der Waals surface area contributed by atoms with Gasteiger partial charge in [0, 0.05) is 26.2 Å². The van der Waals surface area contributed by atoms with Crippen molar-refractivity contribution in [2.45, 2.75) is 32.6 Å². The molecule has 27 heavy (non-hydrogen) atoms. The summed E-state index contributed by atoms with van der Waals surface area (Å²) in [5, 5.41) is 3.12. The van der Waals surface area contributed by atoms with Gasteiger partial charge in [0.25, 0.3) is 0 Å². The Kier molecular flexibility index (Phi) is 6.88. The zero-order chi connectivity index (χ0) is 19.1. The monoisotopic (exact) mass is 365 g/mol. The second kappa shape index (κ2) is 9.56. The lowest BCUT2D eigenvalue weighted by Crippen LogP contribution is -2.44. The molecule has 1 fully saturated rings. The van der Waals surface area contributed by atoms with Crippen LogP contribution in [0.5, 0.6) is 0 Å². The molecule has 144 valence electrons. The number of carbonyl (C=O) groups excluding carboxylic acids is 1. The number of anilines is 2. The first kappa shape index (κ1) is 19.4. The maximum absolute atomic E-state index is 12.6. The molecule has 0 aromatic heterocycles. The average molecular weight is 366 g/mol. The summed E-state index contributed by atoms with van der Waals surface area (Å²) >= 11 is 0. The second-order valence-corrected chi connectivity index (χ2v) is 7.45. The summed E-state index contributed by atoms with van der Waals surface area (Å²) in [6.45, 7) is 6.28. The van der Waals surface area contributed by atoms with E-state index in [0.717, 1.165) is 49.5 Å². The van der Waals surface area contributed by atoms with Crippen molar-refractivity contribution < 1.29 is 4.79 Å². The van der Waals surface area contributed by atoms with Crippen LogP contribution in [0.25, 0.3) is 0 Å². The maximum Gasteiger partial charge on any atom is 0.228 e. The van der Waals surface area contributed by atoms with Crippen molar-refractivity contribution in [1.29, 1.82) is 0 Å². The lowest BCUT2D eigenvalue weighted by atomic mass is 10.0. The standard InChI is InChI=1S/C23H31N3O/c1-3-4-7-19-10-12-20(13-11-19)18-23(27)24-21-8-5-6-9-22(21)26-16-14-25(2)15-17-26/h5-6,8-13H,3-4,7,14-18H2,1-2H3,(H,24,27). The van der Waals surface area contributed by atoms with Gasteiger partial charge in [-0.05, 0) is 43.1 Å². The molecule has 1 aliphatic heterocycles. The molecule has 1 aliphatic rings. The molecular formula is C23H31N3O. The van der Waals surface area contributed by atoms with E-state index in [4.69, 9.17) is 0 Å². The van der Waals surface area contributed by atoms with E-state index in [9.17, 15) is 4.79 Å². The third-order valence-corrected chi connectivity index (χ3v) is 5.23. The minimum atomic E-state index is 0.0397. The Morgan fingerprint density at radius 3 is 2.33 bits per heavy atom. The lowest BCUT2D eigenvalue weighted by molar-refractivity contribution is -0.115. The molecule has 3 rings (SSSR count). The summed E-state index contributed by atoms with van der Waals surface area (Å²) in [6, 6.07) is 16.6. The summed E-state index contributed by atoms with van der Waals surface area (Å²) in [5.74, 6) is 0.0397. The van der Waals surface area contributed by atoms with E-state index in [1.54, 1.807) is 0 Å². The van der Waals surface area contributed by atoms with Crippen molar-refractivity contribution in [2.24, 2.45) is 0 Å². The van der Waals surface area contributed by atoms with Gasteiger partial charge in [-0.1, -0.05) is 49.7 Å². The van der Waals surface area contributed by atoms with E-state index in [0.29, 0.717) is 6.42 Å². The number of benzene rings is 2. The van der Waals surface area contributed by atoms with Gasteiger partial charge in [0.1, 0.15) is 0 Å². The molecule has 2 aromatic rings. The van der Waals surface area contributed by atoms with E-state index in [1.165, 1.54) is 18.4 Å².